The Balaban J connectivity index is 2.38. The summed E-state index contributed by atoms with van der Waals surface area (Å²) in [5, 5.41) is 28.1. The van der Waals surface area contributed by atoms with E-state index in [9.17, 15) is 24.2 Å². The number of rotatable bonds is 2. The van der Waals surface area contributed by atoms with Crippen molar-refractivity contribution in [1.82, 2.24) is 9.55 Å². The van der Waals surface area contributed by atoms with Gasteiger partial charge in [-0.15, -0.1) is 0 Å². The predicted molar refractivity (Wildman–Crippen MR) is 59.2 cm³/mol. The summed E-state index contributed by atoms with van der Waals surface area (Å²) in [5.41, 5.74) is -1.54. The molecule has 0 radical (unpaired) electrons. The monoisotopic (exact) mass is 276 g/mol. The van der Waals surface area contributed by atoms with Gasteiger partial charge in [-0.3, -0.25) is 14.3 Å². The number of hydrogen-bond donors (Lipinski definition) is 4. The van der Waals surface area contributed by atoms with E-state index in [4.69, 9.17) is 9.84 Å². The third kappa shape index (κ3) is 2.45. The molecule has 19 heavy (non-hydrogen) atoms. The first kappa shape index (κ1) is 13.9. The van der Waals surface area contributed by atoms with E-state index >= 15 is 0 Å². The molecule has 1 saturated heterocycles. The van der Waals surface area contributed by atoms with Gasteiger partial charge in [0.05, 0.1) is 6.61 Å². The summed E-state index contributed by atoms with van der Waals surface area (Å²) >= 11 is 0. The Labute approximate surface area is 105 Å². The Hall–Kier alpha value is -1.55. The number of ether oxygens (including phenoxy) is 1. The van der Waals surface area contributed by atoms with Crippen LogP contribution in [0.1, 0.15) is 6.23 Å². The van der Waals surface area contributed by atoms with Crippen molar-refractivity contribution in [3.8, 4) is 0 Å². The first-order valence-corrected chi connectivity index (χ1v) is 5.53. The highest BCUT2D eigenvalue weighted by atomic mass is 19.1. The molecule has 0 spiro atoms. The average Bonchev–Trinajstić information content (AvgIpc) is 2.38. The normalized spacial score (nSPS) is 35.3. The van der Waals surface area contributed by atoms with Crippen LogP contribution in [0.25, 0.3) is 0 Å². The number of aliphatic hydroxyl groups is 3. The van der Waals surface area contributed by atoms with Crippen LogP contribution in [0.2, 0.25) is 0 Å². The van der Waals surface area contributed by atoms with Crippen molar-refractivity contribution in [2.45, 2.75) is 30.7 Å². The van der Waals surface area contributed by atoms with Crippen LogP contribution in [-0.4, -0.2) is 56.0 Å². The molecule has 0 unspecified atom stereocenters. The lowest BCUT2D eigenvalue weighted by Gasteiger charge is -2.39. The lowest BCUT2D eigenvalue weighted by atomic mass is 9.99. The van der Waals surface area contributed by atoms with Gasteiger partial charge in [-0.05, 0) is 0 Å². The van der Waals surface area contributed by atoms with Gasteiger partial charge in [0.1, 0.15) is 18.3 Å². The number of halogens is 1. The zero-order chi connectivity index (χ0) is 14.2. The van der Waals surface area contributed by atoms with E-state index in [1.807, 2.05) is 4.98 Å². The lowest BCUT2D eigenvalue weighted by Crippen LogP contribution is -2.56. The molecule has 4 N–H and O–H groups in total. The van der Waals surface area contributed by atoms with Crippen molar-refractivity contribution >= 4 is 0 Å². The minimum absolute atomic E-state index is 0.651. The molecule has 1 aromatic rings. The maximum atomic E-state index is 13.7. The number of nitrogens with one attached hydrogen (secondary N) is 1. The Kier molecular flexibility index (Phi) is 3.80. The molecule has 1 aliphatic heterocycles. The van der Waals surface area contributed by atoms with E-state index in [0.29, 0.717) is 0 Å². The molecule has 8 nitrogen and oxygen atoms in total. The van der Waals surface area contributed by atoms with Crippen LogP contribution < -0.4 is 11.2 Å². The van der Waals surface area contributed by atoms with Crippen LogP contribution in [0, 0.1) is 0 Å². The summed E-state index contributed by atoms with van der Waals surface area (Å²) in [6.45, 7) is -0.678. The van der Waals surface area contributed by atoms with Gasteiger partial charge in [0.25, 0.3) is 5.56 Å². The lowest BCUT2D eigenvalue weighted by molar-refractivity contribution is -0.237. The molecule has 0 saturated carbocycles. The summed E-state index contributed by atoms with van der Waals surface area (Å²) < 4.78 is 19.5. The van der Waals surface area contributed by atoms with E-state index in [0.717, 1.165) is 16.8 Å². The summed E-state index contributed by atoms with van der Waals surface area (Å²) in [5.74, 6) is 0. The molecular formula is C10H13FN2O6. The van der Waals surface area contributed by atoms with Gasteiger partial charge in [0.15, 0.2) is 12.4 Å². The van der Waals surface area contributed by atoms with Gasteiger partial charge in [-0.25, -0.2) is 9.18 Å². The zero-order valence-corrected chi connectivity index (χ0v) is 9.64. The smallest absolute Gasteiger partial charge is 0.330 e. The Morgan fingerprint density at radius 2 is 2.05 bits per heavy atom. The van der Waals surface area contributed by atoms with Crippen LogP contribution in [0.4, 0.5) is 4.39 Å². The van der Waals surface area contributed by atoms with Gasteiger partial charge < -0.3 is 20.1 Å². The fourth-order valence-corrected chi connectivity index (χ4v) is 1.91. The molecule has 9 heteroatoms. The second-order valence-electron chi connectivity index (χ2n) is 4.19. The van der Waals surface area contributed by atoms with E-state index in [-0.39, 0.29) is 0 Å². The van der Waals surface area contributed by atoms with Crippen LogP contribution >= 0.6 is 0 Å². The van der Waals surface area contributed by atoms with Crippen molar-refractivity contribution in [2.24, 2.45) is 0 Å². The third-order valence-corrected chi connectivity index (χ3v) is 2.95. The molecule has 0 aliphatic carbocycles. The second kappa shape index (κ2) is 5.21. The fourth-order valence-electron chi connectivity index (χ4n) is 1.91. The number of aliphatic hydroxyl groups excluding tert-OH is 3. The second-order valence-corrected chi connectivity index (χ2v) is 4.19. The summed E-state index contributed by atoms with van der Waals surface area (Å²) in [7, 11) is 0. The average molecular weight is 276 g/mol. The minimum atomic E-state index is -2.09. The Morgan fingerprint density at radius 3 is 2.63 bits per heavy atom. The van der Waals surface area contributed by atoms with Gasteiger partial charge in [-0.1, -0.05) is 0 Å². The topological polar surface area (TPSA) is 125 Å². The summed E-state index contributed by atoms with van der Waals surface area (Å²) in [6, 6.07) is 1.00. The number of alkyl halides is 1. The molecule has 1 aliphatic rings. The molecule has 1 fully saturated rings. The van der Waals surface area contributed by atoms with Crippen molar-refractivity contribution in [2.75, 3.05) is 6.61 Å². The summed E-state index contributed by atoms with van der Waals surface area (Å²) in [4.78, 5) is 24.4. The molecule has 0 aromatic carbocycles. The molecule has 106 valence electrons. The van der Waals surface area contributed by atoms with Gasteiger partial charge in [-0.2, -0.15) is 0 Å². The SMILES string of the molecule is O=c1ccn([C@@H]2O[C@H](CO)[C@@H](O)[C@H](F)[C@H]2O)c(=O)[nH]1. The highest BCUT2D eigenvalue weighted by Gasteiger charge is 2.45. The molecular weight excluding hydrogens is 263 g/mol. The maximum absolute atomic E-state index is 13.7. The third-order valence-electron chi connectivity index (χ3n) is 2.95. The molecule has 5 atom stereocenters. The minimum Gasteiger partial charge on any atom is -0.394 e. The van der Waals surface area contributed by atoms with Crippen molar-refractivity contribution in [1.29, 1.82) is 0 Å². The fraction of sp³-hybridized carbons (Fsp3) is 0.600. The number of nitrogens with zero attached hydrogens (tertiary/aromatic N) is 1. The highest BCUT2D eigenvalue weighted by molar-refractivity contribution is 4.94. The first-order valence-electron chi connectivity index (χ1n) is 5.53. The molecule has 0 bridgehead atoms. The van der Waals surface area contributed by atoms with Gasteiger partial charge in [0, 0.05) is 12.3 Å². The van der Waals surface area contributed by atoms with Crippen molar-refractivity contribution in [3.63, 3.8) is 0 Å². The van der Waals surface area contributed by atoms with E-state index < -0.39 is 48.6 Å². The van der Waals surface area contributed by atoms with Crippen LogP contribution in [0.3, 0.4) is 0 Å². The maximum Gasteiger partial charge on any atom is 0.330 e. The van der Waals surface area contributed by atoms with Crippen molar-refractivity contribution in [3.05, 3.63) is 33.1 Å². The Morgan fingerprint density at radius 1 is 1.37 bits per heavy atom. The summed E-state index contributed by atoms with van der Waals surface area (Å²) in [6.07, 6.45) is -7.28. The first-order chi connectivity index (χ1) is 8.95. The Bertz CT molecular complexity index is 555. The van der Waals surface area contributed by atoms with Gasteiger partial charge >= 0.3 is 5.69 Å². The number of hydrogen-bond acceptors (Lipinski definition) is 6. The molecule has 2 rings (SSSR count). The van der Waals surface area contributed by atoms with E-state index in [1.54, 1.807) is 0 Å². The number of H-pyrrole nitrogens is 1. The molecule has 0 amide bonds. The van der Waals surface area contributed by atoms with Crippen LogP contribution in [0.5, 0.6) is 0 Å². The van der Waals surface area contributed by atoms with E-state index in [1.165, 1.54) is 0 Å². The predicted octanol–water partition coefficient (Wildman–Crippen LogP) is -2.51. The van der Waals surface area contributed by atoms with Crippen molar-refractivity contribution < 1.29 is 24.4 Å². The number of aromatic amines is 1. The van der Waals surface area contributed by atoms with Gasteiger partial charge in [0.2, 0.25) is 0 Å². The quantitative estimate of drug-likeness (QED) is 0.473. The van der Waals surface area contributed by atoms with Crippen LogP contribution in [-0.2, 0) is 4.74 Å². The molecule has 1 aromatic heterocycles. The molecule has 2 heterocycles. The van der Waals surface area contributed by atoms with E-state index in [2.05, 4.69) is 0 Å². The van der Waals surface area contributed by atoms with Crippen LogP contribution in [0.15, 0.2) is 21.9 Å². The zero-order valence-electron chi connectivity index (χ0n) is 9.64. The standard InChI is InChI=1S/C10H13FN2O6/c11-6-7(16)4(3-14)19-9(8(6)17)13-2-1-5(15)12-10(13)18/h1-2,4,6-9,14,16-17H,3H2,(H,12,15,18)/t4-,6+,7-,8-,9-/m1/s1. The number of aromatic nitrogens is 2. The largest absolute Gasteiger partial charge is 0.394 e. The highest BCUT2D eigenvalue weighted by Crippen LogP contribution is 2.28.